The molecular weight excluding hydrogens is 1280 g/mol. The van der Waals surface area contributed by atoms with E-state index in [1.165, 1.54) is 53.9 Å². The summed E-state index contributed by atoms with van der Waals surface area (Å²) in [5, 5.41) is 8.09. The summed E-state index contributed by atoms with van der Waals surface area (Å²) in [6.07, 6.45) is 3.67. The predicted molar refractivity (Wildman–Crippen MR) is 232 cm³/mol. The average molecular weight is 1320 g/mol. The standard InChI is InChI=1S/C25H18.2C13H8NS.3Ir/c1-25(2)23-13-6-5-11-21(23)22-15-14-18(16-24(22)25)20-12-7-9-17-8-3-4-10-19(17)20;1-2-7-12-10(5-1)9-13(15-12)11-6-3-4-8-14-11;1-2-5-11-10(4-1)7-8-14-13(11)12-6-3-9-15-12;;;/h3-11,13,15-16H,1-2H3;1-8H;1-5,7-9H;;;/q-2;2*-1;;;. The normalized spacial score (nSPS) is 11.7. The molecule has 0 aliphatic heterocycles. The van der Waals surface area contributed by atoms with E-state index in [-0.39, 0.29) is 65.7 Å². The molecule has 0 unspecified atom stereocenters. The molecule has 1 aliphatic rings. The Morgan fingerprint density at radius 3 is 2.07 bits per heavy atom. The molecule has 0 fully saturated rings. The Hall–Kier alpha value is -4.25. The van der Waals surface area contributed by atoms with Crippen LogP contribution in [0.25, 0.3) is 75.0 Å². The van der Waals surface area contributed by atoms with Gasteiger partial charge in [0.1, 0.15) is 0 Å². The van der Waals surface area contributed by atoms with Crippen LogP contribution in [0.1, 0.15) is 25.0 Å². The SMILES string of the molecule is CC1(C)c2ccccc2-c2c[c-]c(-c3[c-]ccc4ccccc34)cc21.[Ir].[Ir].[Ir].[c-]1c(-c2ccccn2)sc2ccccc12.[c-]1ccsc1-c1nccc2ccccc12. The zero-order valence-electron chi connectivity index (χ0n) is 31.4. The topological polar surface area (TPSA) is 25.8 Å². The van der Waals surface area contributed by atoms with Gasteiger partial charge in [-0.05, 0) is 49.2 Å². The summed E-state index contributed by atoms with van der Waals surface area (Å²) < 4.78 is 1.26. The second-order valence-electron chi connectivity index (χ2n) is 13.8. The van der Waals surface area contributed by atoms with Gasteiger partial charge in [-0.2, -0.15) is 36.4 Å². The van der Waals surface area contributed by atoms with Crippen LogP contribution in [0.5, 0.6) is 0 Å². The van der Waals surface area contributed by atoms with Crippen LogP contribution in [0.15, 0.2) is 169 Å². The third-order valence-corrected chi connectivity index (χ3v) is 12.0. The fourth-order valence-electron chi connectivity index (χ4n) is 7.37. The summed E-state index contributed by atoms with van der Waals surface area (Å²) >= 11 is 3.41. The van der Waals surface area contributed by atoms with Crippen LogP contribution in [0, 0.1) is 24.3 Å². The van der Waals surface area contributed by atoms with E-state index >= 15 is 0 Å². The Morgan fingerprint density at radius 1 is 0.569 bits per heavy atom. The van der Waals surface area contributed by atoms with E-state index in [0.717, 1.165) is 32.3 Å². The molecule has 0 spiro atoms. The van der Waals surface area contributed by atoms with Crippen LogP contribution in [-0.4, -0.2) is 9.97 Å². The van der Waals surface area contributed by atoms with Gasteiger partial charge in [0.15, 0.2) is 0 Å². The zero-order valence-corrected chi connectivity index (χ0v) is 40.2. The minimum absolute atomic E-state index is 0. The zero-order chi connectivity index (χ0) is 37.2. The molecule has 2 nitrogen and oxygen atoms in total. The third kappa shape index (κ3) is 8.70. The minimum Gasteiger partial charge on any atom is -0.318 e. The molecule has 1 aliphatic carbocycles. The van der Waals surface area contributed by atoms with Crippen molar-refractivity contribution in [3.05, 3.63) is 205 Å². The maximum Gasteiger partial charge on any atom is 0.0161 e. The van der Waals surface area contributed by atoms with Crippen LogP contribution in [-0.2, 0) is 65.7 Å². The number of benzene rings is 6. The molecule has 6 aromatic carbocycles. The molecule has 0 amide bonds. The monoisotopic (exact) mass is 1320 g/mol. The number of nitrogens with zero attached hydrogens (tertiary/aromatic N) is 2. The van der Waals surface area contributed by atoms with E-state index in [4.69, 9.17) is 0 Å². The Balaban J connectivity index is 0.000000150. The van der Waals surface area contributed by atoms with Gasteiger partial charge in [0, 0.05) is 78.4 Å². The molecule has 0 atom stereocenters. The van der Waals surface area contributed by atoms with Gasteiger partial charge < -0.3 is 9.97 Å². The molecule has 10 aromatic rings. The average Bonchev–Trinajstić information content (AvgIpc) is 4.00. The van der Waals surface area contributed by atoms with Gasteiger partial charge >= 0.3 is 0 Å². The van der Waals surface area contributed by atoms with Crippen LogP contribution >= 0.6 is 22.7 Å². The molecule has 0 saturated heterocycles. The van der Waals surface area contributed by atoms with Crippen molar-refractivity contribution in [1.82, 2.24) is 9.97 Å². The van der Waals surface area contributed by atoms with Gasteiger partial charge in [0.25, 0.3) is 0 Å². The first-order valence-corrected chi connectivity index (χ1v) is 19.9. The van der Waals surface area contributed by atoms with E-state index in [0.29, 0.717) is 0 Å². The number of fused-ring (bicyclic) bond motifs is 6. The van der Waals surface area contributed by atoms with E-state index in [9.17, 15) is 0 Å². The number of hydrogen-bond donors (Lipinski definition) is 0. The molecule has 291 valence electrons. The molecular formula is C51H34Ir3N2S2-4. The summed E-state index contributed by atoms with van der Waals surface area (Å²) in [7, 11) is 0. The Morgan fingerprint density at radius 2 is 1.29 bits per heavy atom. The van der Waals surface area contributed by atoms with Crippen molar-refractivity contribution in [2.24, 2.45) is 0 Å². The molecule has 4 heterocycles. The van der Waals surface area contributed by atoms with Crippen molar-refractivity contribution in [3.8, 4) is 43.4 Å². The van der Waals surface area contributed by atoms with E-state index in [1.807, 2.05) is 72.4 Å². The maximum absolute atomic E-state index is 4.43. The molecule has 3 radical (unpaired) electrons. The summed E-state index contributed by atoms with van der Waals surface area (Å²) in [5.74, 6) is 0. The molecule has 0 N–H and O–H groups in total. The first kappa shape index (κ1) is 43.3. The van der Waals surface area contributed by atoms with Gasteiger partial charge in [-0.15, -0.1) is 63.5 Å². The van der Waals surface area contributed by atoms with E-state index in [1.54, 1.807) is 22.7 Å². The van der Waals surface area contributed by atoms with Crippen molar-refractivity contribution in [2.45, 2.75) is 19.3 Å². The summed E-state index contributed by atoms with van der Waals surface area (Å²) in [5.41, 5.74) is 9.73. The number of pyridine rings is 2. The first-order chi connectivity index (χ1) is 27.0. The van der Waals surface area contributed by atoms with Crippen molar-refractivity contribution in [1.29, 1.82) is 0 Å². The molecule has 4 aromatic heterocycles. The Labute approximate surface area is 388 Å². The van der Waals surface area contributed by atoms with Gasteiger partial charge in [0.05, 0.1) is 0 Å². The summed E-state index contributed by atoms with van der Waals surface area (Å²) in [4.78, 5) is 11.0. The quantitative estimate of drug-likeness (QED) is 0.165. The largest absolute Gasteiger partial charge is 0.318 e. The van der Waals surface area contributed by atoms with Gasteiger partial charge in [-0.25, -0.2) is 33.8 Å². The molecule has 0 saturated carbocycles. The van der Waals surface area contributed by atoms with Crippen molar-refractivity contribution >= 4 is 54.3 Å². The number of thiophene rings is 2. The third-order valence-electron chi connectivity index (χ3n) is 10.1. The second-order valence-corrected chi connectivity index (χ2v) is 15.8. The molecule has 58 heavy (non-hydrogen) atoms. The van der Waals surface area contributed by atoms with Crippen LogP contribution in [0.4, 0.5) is 0 Å². The molecule has 0 bridgehead atoms. The van der Waals surface area contributed by atoms with Crippen LogP contribution in [0.3, 0.4) is 0 Å². The maximum atomic E-state index is 4.43. The van der Waals surface area contributed by atoms with Gasteiger partial charge in [-0.1, -0.05) is 121 Å². The van der Waals surface area contributed by atoms with E-state index < -0.39 is 0 Å². The van der Waals surface area contributed by atoms with Gasteiger partial charge in [-0.3, -0.25) is 0 Å². The Kier molecular flexibility index (Phi) is 14.4. The van der Waals surface area contributed by atoms with Crippen LogP contribution < -0.4 is 0 Å². The van der Waals surface area contributed by atoms with Gasteiger partial charge in [0.2, 0.25) is 0 Å². The summed E-state index contributed by atoms with van der Waals surface area (Å²) in [6.45, 7) is 4.63. The fraction of sp³-hybridized carbons (Fsp3) is 0.0588. The molecule has 7 heteroatoms. The molecule has 11 rings (SSSR count). The predicted octanol–water partition coefficient (Wildman–Crippen LogP) is 13.9. The minimum atomic E-state index is 0. The van der Waals surface area contributed by atoms with E-state index in [2.05, 4.69) is 145 Å². The second kappa shape index (κ2) is 19.2. The Bertz CT molecular complexity index is 2880. The summed E-state index contributed by atoms with van der Waals surface area (Å²) in [6, 6.07) is 65.8. The number of hydrogen-bond acceptors (Lipinski definition) is 4. The van der Waals surface area contributed by atoms with Crippen molar-refractivity contribution in [3.63, 3.8) is 0 Å². The number of rotatable bonds is 3. The number of aromatic nitrogens is 2. The van der Waals surface area contributed by atoms with Crippen LogP contribution in [0.2, 0.25) is 0 Å². The first-order valence-electron chi connectivity index (χ1n) is 18.2. The fourth-order valence-corrected chi connectivity index (χ4v) is 9.03. The van der Waals surface area contributed by atoms with Crippen molar-refractivity contribution < 1.29 is 60.3 Å². The smallest absolute Gasteiger partial charge is 0.0161 e. The van der Waals surface area contributed by atoms with Crippen molar-refractivity contribution in [2.75, 3.05) is 0 Å².